The predicted octanol–water partition coefficient (Wildman–Crippen LogP) is 3.24. The topological polar surface area (TPSA) is 84.3 Å². The van der Waals surface area contributed by atoms with Crippen LogP contribution in [0, 0.1) is 15.9 Å². The third kappa shape index (κ3) is 3.87. The molecule has 0 saturated heterocycles. The fraction of sp³-hybridized carbons (Fsp3) is 0.235. The molecule has 1 aliphatic carbocycles. The van der Waals surface area contributed by atoms with Gasteiger partial charge in [-0.15, -0.1) is 0 Å². The summed E-state index contributed by atoms with van der Waals surface area (Å²) in [5.74, 6) is -0.746. The number of nitrogens with one attached hydrogen (secondary N) is 2. The zero-order valence-corrected chi connectivity index (χ0v) is 12.8. The van der Waals surface area contributed by atoms with Crippen LogP contribution >= 0.6 is 0 Å². The van der Waals surface area contributed by atoms with Crippen LogP contribution in [0.15, 0.2) is 42.5 Å². The van der Waals surface area contributed by atoms with Crippen molar-refractivity contribution in [2.45, 2.75) is 25.4 Å². The number of hydrogen-bond donors (Lipinski definition) is 2. The van der Waals surface area contributed by atoms with E-state index < -0.39 is 10.7 Å². The molecule has 24 heavy (non-hydrogen) atoms. The number of nitro benzene ring substituents is 1. The van der Waals surface area contributed by atoms with Crippen LogP contribution in [0.4, 0.5) is 15.8 Å². The summed E-state index contributed by atoms with van der Waals surface area (Å²) >= 11 is 0. The van der Waals surface area contributed by atoms with E-state index in [2.05, 4.69) is 10.6 Å². The second-order valence-electron chi connectivity index (χ2n) is 5.72. The molecule has 0 radical (unpaired) electrons. The number of benzene rings is 2. The first kappa shape index (κ1) is 15.9. The maximum absolute atomic E-state index is 13.1. The van der Waals surface area contributed by atoms with Gasteiger partial charge in [0.05, 0.1) is 11.0 Å². The van der Waals surface area contributed by atoms with Crippen molar-refractivity contribution < 1.29 is 14.1 Å². The number of nitrogens with zero attached hydrogens (tertiary/aromatic N) is 1. The average Bonchev–Trinajstić information content (AvgIpc) is 3.38. The van der Waals surface area contributed by atoms with Gasteiger partial charge in [0.1, 0.15) is 11.5 Å². The van der Waals surface area contributed by atoms with Gasteiger partial charge >= 0.3 is 0 Å². The molecule has 1 amide bonds. The average molecular weight is 329 g/mol. The van der Waals surface area contributed by atoms with Crippen LogP contribution in [0.1, 0.15) is 28.8 Å². The van der Waals surface area contributed by atoms with Gasteiger partial charge in [0.15, 0.2) is 0 Å². The molecule has 1 aliphatic rings. The molecular weight excluding hydrogens is 313 g/mol. The van der Waals surface area contributed by atoms with E-state index in [0.717, 1.165) is 24.5 Å². The first-order valence-electron chi connectivity index (χ1n) is 7.60. The molecule has 0 spiro atoms. The number of hydrogen-bond acceptors (Lipinski definition) is 4. The second kappa shape index (κ2) is 6.66. The van der Waals surface area contributed by atoms with Gasteiger partial charge in [0.25, 0.3) is 11.6 Å². The van der Waals surface area contributed by atoms with Gasteiger partial charge in [-0.2, -0.15) is 0 Å². The van der Waals surface area contributed by atoms with Crippen LogP contribution in [-0.4, -0.2) is 16.9 Å². The van der Waals surface area contributed by atoms with Crippen molar-refractivity contribution in [1.29, 1.82) is 0 Å². The van der Waals surface area contributed by atoms with E-state index in [1.54, 1.807) is 24.3 Å². The molecule has 2 aromatic carbocycles. The van der Waals surface area contributed by atoms with E-state index >= 15 is 0 Å². The molecule has 2 N–H and O–H groups in total. The van der Waals surface area contributed by atoms with E-state index in [1.165, 1.54) is 12.1 Å². The monoisotopic (exact) mass is 329 g/mol. The van der Waals surface area contributed by atoms with Gasteiger partial charge in [-0.05, 0) is 42.7 Å². The van der Waals surface area contributed by atoms with Crippen LogP contribution in [-0.2, 0) is 6.54 Å². The van der Waals surface area contributed by atoms with Gasteiger partial charge in [-0.3, -0.25) is 14.9 Å². The van der Waals surface area contributed by atoms with Crippen molar-refractivity contribution in [2.75, 3.05) is 5.32 Å². The largest absolute Gasteiger partial charge is 0.375 e. The van der Waals surface area contributed by atoms with E-state index in [9.17, 15) is 19.3 Å². The number of nitro groups is 1. The summed E-state index contributed by atoms with van der Waals surface area (Å²) in [6.45, 7) is 0.330. The highest BCUT2D eigenvalue weighted by atomic mass is 19.1. The minimum atomic E-state index is -0.654. The Bertz CT molecular complexity index is 773. The SMILES string of the molecule is O=C(NC1CC1)c1ccc(CNc2ccc(F)cc2[N+](=O)[O-])cc1. The zero-order valence-electron chi connectivity index (χ0n) is 12.8. The Morgan fingerprint density at radius 1 is 1.21 bits per heavy atom. The summed E-state index contributed by atoms with van der Waals surface area (Å²) < 4.78 is 13.1. The normalized spacial score (nSPS) is 13.4. The van der Waals surface area contributed by atoms with E-state index in [0.29, 0.717) is 18.2 Å². The van der Waals surface area contributed by atoms with Crippen molar-refractivity contribution in [1.82, 2.24) is 5.32 Å². The van der Waals surface area contributed by atoms with Gasteiger partial charge in [0, 0.05) is 18.2 Å². The number of halogens is 1. The Morgan fingerprint density at radius 2 is 1.92 bits per heavy atom. The summed E-state index contributed by atoms with van der Waals surface area (Å²) in [5, 5.41) is 16.8. The molecule has 0 aromatic heterocycles. The van der Waals surface area contributed by atoms with E-state index in [1.807, 2.05) is 0 Å². The highest BCUT2D eigenvalue weighted by molar-refractivity contribution is 5.94. The van der Waals surface area contributed by atoms with E-state index in [-0.39, 0.29) is 17.3 Å². The third-order valence-corrected chi connectivity index (χ3v) is 3.77. The molecule has 6 nitrogen and oxygen atoms in total. The van der Waals surface area contributed by atoms with Crippen molar-refractivity contribution in [2.24, 2.45) is 0 Å². The quantitative estimate of drug-likeness (QED) is 0.629. The fourth-order valence-corrected chi connectivity index (χ4v) is 2.27. The maximum atomic E-state index is 13.1. The van der Waals surface area contributed by atoms with E-state index in [4.69, 9.17) is 0 Å². The second-order valence-corrected chi connectivity index (χ2v) is 5.72. The lowest BCUT2D eigenvalue weighted by atomic mass is 10.1. The number of anilines is 1. The molecule has 124 valence electrons. The third-order valence-electron chi connectivity index (χ3n) is 3.77. The number of rotatable bonds is 6. The van der Waals surface area contributed by atoms with Crippen LogP contribution in [0.5, 0.6) is 0 Å². The summed E-state index contributed by atoms with van der Waals surface area (Å²) in [5.41, 5.74) is 1.38. The first-order valence-corrected chi connectivity index (χ1v) is 7.60. The minimum absolute atomic E-state index is 0.0915. The molecule has 1 saturated carbocycles. The maximum Gasteiger partial charge on any atom is 0.295 e. The van der Waals surface area contributed by atoms with Crippen LogP contribution in [0.25, 0.3) is 0 Å². The predicted molar refractivity (Wildman–Crippen MR) is 87.3 cm³/mol. The molecule has 1 fully saturated rings. The number of carbonyl (C=O) groups is 1. The highest BCUT2D eigenvalue weighted by Gasteiger charge is 2.23. The van der Waals surface area contributed by atoms with Gasteiger partial charge in [0.2, 0.25) is 0 Å². The van der Waals surface area contributed by atoms with Crippen molar-refractivity contribution in [3.63, 3.8) is 0 Å². The Hall–Kier alpha value is -2.96. The highest BCUT2D eigenvalue weighted by Crippen LogP contribution is 2.25. The summed E-state index contributed by atoms with van der Waals surface area (Å²) in [6.07, 6.45) is 2.06. The zero-order chi connectivity index (χ0) is 17.1. The lowest BCUT2D eigenvalue weighted by Crippen LogP contribution is -2.25. The van der Waals surface area contributed by atoms with Gasteiger partial charge in [-0.1, -0.05) is 12.1 Å². The summed E-state index contributed by atoms with van der Waals surface area (Å²) in [6, 6.07) is 10.7. The molecule has 0 unspecified atom stereocenters. The molecule has 0 heterocycles. The number of amides is 1. The molecular formula is C17H16FN3O3. The Labute approximate surface area is 137 Å². The lowest BCUT2D eigenvalue weighted by Gasteiger charge is -2.08. The molecule has 3 rings (SSSR count). The van der Waals surface area contributed by atoms with Gasteiger partial charge < -0.3 is 10.6 Å². The molecule has 0 atom stereocenters. The first-order chi connectivity index (χ1) is 11.5. The van der Waals surface area contributed by atoms with Crippen LogP contribution < -0.4 is 10.6 Å². The Morgan fingerprint density at radius 3 is 2.54 bits per heavy atom. The van der Waals surface area contributed by atoms with Crippen molar-refractivity contribution in [3.8, 4) is 0 Å². The van der Waals surface area contributed by atoms with Crippen molar-refractivity contribution in [3.05, 3.63) is 69.5 Å². The minimum Gasteiger partial charge on any atom is -0.375 e. The Kier molecular flexibility index (Phi) is 4.41. The molecule has 0 bridgehead atoms. The fourth-order valence-electron chi connectivity index (χ4n) is 2.27. The number of carbonyl (C=O) groups excluding carboxylic acids is 1. The standard InChI is InChI=1S/C17H16FN3O3/c18-13-5-8-15(16(9-13)21(23)24)19-10-11-1-3-12(4-2-11)17(22)20-14-6-7-14/h1-5,8-9,14,19H,6-7,10H2,(H,20,22). The van der Waals surface area contributed by atoms with Gasteiger partial charge in [-0.25, -0.2) is 4.39 Å². The lowest BCUT2D eigenvalue weighted by molar-refractivity contribution is -0.384. The summed E-state index contributed by atoms with van der Waals surface area (Å²) in [7, 11) is 0. The smallest absolute Gasteiger partial charge is 0.295 e. The Balaban J connectivity index is 1.64. The molecule has 0 aliphatic heterocycles. The molecule has 7 heteroatoms. The summed E-state index contributed by atoms with van der Waals surface area (Å²) in [4.78, 5) is 22.2. The van der Waals surface area contributed by atoms with Crippen molar-refractivity contribution >= 4 is 17.3 Å². The van der Waals surface area contributed by atoms with Crippen LogP contribution in [0.3, 0.4) is 0 Å². The van der Waals surface area contributed by atoms with Crippen LogP contribution in [0.2, 0.25) is 0 Å². The molecule has 2 aromatic rings.